The third-order valence-corrected chi connectivity index (χ3v) is 5.82. The standard InChI is InChI=1S/C23H22FN5O4/c24-15-4-6-16(7-5-15)25-23-29-28-22(33-23)21-26-18-10-3-14(11-19(18)27-21)13-1-8-17(9-2-13)32-12-20(30)31/h3-7,10-11,13,17H,1-2,8-9,12H2,(H,25,29)(H,26,27)(H,30,31)/t13-,17-. The van der Waals surface area contributed by atoms with Crippen LogP contribution in [0.2, 0.25) is 0 Å². The second-order valence-electron chi connectivity index (χ2n) is 8.08. The van der Waals surface area contributed by atoms with Gasteiger partial charge in [-0.15, -0.1) is 5.10 Å². The van der Waals surface area contributed by atoms with E-state index in [4.69, 9.17) is 14.3 Å². The van der Waals surface area contributed by atoms with E-state index in [1.165, 1.54) is 17.7 Å². The van der Waals surface area contributed by atoms with Crippen molar-refractivity contribution in [1.29, 1.82) is 0 Å². The summed E-state index contributed by atoms with van der Waals surface area (Å²) < 4.78 is 24.1. The lowest BCUT2D eigenvalue weighted by molar-refractivity contribution is -0.145. The van der Waals surface area contributed by atoms with Crippen molar-refractivity contribution in [2.24, 2.45) is 0 Å². The largest absolute Gasteiger partial charge is 0.480 e. The highest BCUT2D eigenvalue weighted by Crippen LogP contribution is 2.35. The van der Waals surface area contributed by atoms with Crippen LogP contribution in [0.15, 0.2) is 46.9 Å². The Hall–Kier alpha value is -3.79. The first-order valence-electron chi connectivity index (χ1n) is 10.7. The fourth-order valence-corrected chi connectivity index (χ4v) is 4.16. The van der Waals surface area contributed by atoms with E-state index in [2.05, 4.69) is 37.6 Å². The third kappa shape index (κ3) is 4.85. The number of hydrogen-bond acceptors (Lipinski definition) is 7. The molecule has 0 amide bonds. The maximum absolute atomic E-state index is 13.1. The van der Waals surface area contributed by atoms with Crippen LogP contribution in [-0.2, 0) is 9.53 Å². The molecule has 1 fully saturated rings. The van der Waals surface area contributed by atoms with Crippen LogP contribution >= 0.6 is 0 Å². The highest BCUT2D eigenvalue weighted by Gasteiger charge is 2.24. The average Bonchev–Trinajstić information content (AvgIpc) is 3.46. The maximum atomic E-state index is 13.1. The zero-order valence-corrected chi connectivity index (χ0v) is 17.6. The second-order valence-corrected chi connectivity index (χ2v) is 8.08. The van der Waals surface area contributed by atoms with Crippen LogP contribution < -0.4 is 5.32 Å². The first kappa shape index (κ1) is 21.1. The first-order valence-corrected chi connectivity index (χ1v) is 10.7. The van der Waals surface area contributed by atoms with Crippen LogP contribution in [0, 0.1) is 5.82 Å². The molecule has 5 rings (SSSR count). The molecule has 0 unspecified atom stereocenters. The molecule has 2 aromatic heterocycles. The summed E-state index contributed by atoms with van der Waals surface area (Å²) in [6.45, 7) is -0.242. The van der Waals surface area contributed by atoms with Crippen molar-refractivity contribution in [1.82, 2.24) is 20.2 Å². The summed E-state index contributed by atoms with van der Waals surface area (Å²) in [5, 5.41) is 19.7. The Balaban J connectivity index is 1.27. The van der Waals surface area contributed by atoms with E-state index < -0.39 is 5.97 Å². The molecule has 1 aliphatic rings. The maximum Gasteiger partial charge on any atom is 0.329 e. The third-order valence-electron chi connectivity index (χ3n) is 5.82. The van der Waals surface area contributed by atoms with Crippen LogP contribution in [0.25, 0.3) is 22.7 Å². The van der Waals surface area contributed by atoms with Crippen molar-refractivity contribution in [3.05, 3.63) is 53.8 Å². The Morgan fingerprint density at radius 3 is 2.70 bits per heavy atom. The van der Waals surface area contributed by atoms with Crippen molar-refractivity contribution < 1.29 is 23.4 Å². The summed E-state index contributed by atoms with van der Waals surface area (Å²) in [5.41, 5.74) is 3.49. The van der Waals surface area contributed by atoms with Crippen LogP contribution in [0.4, 0.5) is 16.1 Å². The summed E-state index contributed by atoms with van der Waals surface area (Å²) in [4.78, 5) is 18.5. The molecule has 2 heterocycles. The monoisotopic (exact) mass is 451 g/mol. The number of rotatable bonds is 7. The van der Waals surface area contributed by atoms with Gasteiger partial charge in [0.2, 0.25) is 0 Å². The van der Waals surface area contributed by atoms with Gasteiger partial charge in [0, 0.05) is 5.69 Å². The Labute approximate surface area is 188 Å². The van der Waals surface area contributed by atoms with E-state index in [9.17, 15) is 9.18 Å². The predicted octanol–water partition coefficient (Wildman–Crippen LogP) is 4.62. The fourth-order valence-electron chi connectivity index (χ4n) is 4.16. The number of carboxylic acid groups (broad SMARTS) is 1. The number of fused-ring (bicyclic) bond motifs is 1. The van der Waals surface area contributed by atoms with Gasteiger partial charge in [-0.1, -0.05) is 11.2 Å². The van der Waals surface area contributed by atoms with Crippen LogP contribution in [0.1, 0.15) is 37.2 Å². The SMILES string of the molecule is O=C(O)CO[C@H]1CC[C@H](c2ccc3[nH]c(-c4nnc(Nc5ccc(F)cc5)o4)nc3c2)CC1. The number of carbonyl (C=O) groups is 1. The van der Waals surface area contributed by atoms with E-state index in [1.54, 1.807) is 12.1 Å². The molecule has 0 spiro atoms. The van der Waals surface area contributed by atoms with E-state index in [0.717, 1.165) is 36.7 Å². The number of anilines is 2. The van der Waals surface area contributed by atoms with Gasteiger partial charge in [0.1, 0.15) is 12.4 Å². The van der Waals surface area contributed by atoms with Gasteiger partial charge in [-0.05, 0) is 73.6 Å². The molecule has 33 heavy (non-hydrogen) atoms. The number of H-pyrrole nitrogens is 1. The van der Waals surface area contributed by atoms with Crippen LogP contribution in [-0.4, -0.2) is 44.0 Å². The van der Waals surface area contributed by atoms with E-state index in [-0.39, 0.29) is 30.4 Å². The quantitative estimate of drug-likeness (QED) is 0.371. The molecular weight excluding hydrogens is 429 g/mol. The molecule has 1 saturated carbocycles. The number of imidazole rings is 1. The average molecular weight is 451 g/mol. The Kier molecular flexibility index (Phi) is 5.74. The van der Waals surface area contributed by atoms with Gasteiger partial charge < -0.3 is 24.6 Å². The lowest BCUT2D eigenvalue weighted by Crippen LogP contribution is -2.23. The Bertz CT molecular complexity index is 1260. The topological polar surface area (TPSA) is 126 Å². The lowest BCUT2D eigenvalue weighted by Gasteiger charge is -2.28. The normalized spacial score (nSPS) is 18.5. The van der Waals surface area contributed by atoms with Crippen LogP contribution in [0.3, 0.4) is 0 Å². The van der Waals surface area contributed by atoms with E-state index >= 15 is 0 Å². The van der Waals surface area contributed by atoms with E-state index in [1.807, 2.05) is 6.07 Å². The number of hydrogen-bond donors (Lipinski definition) is 3. The van der Waals surface area contributed by atoms with Gasteiger partial charge >= 0.3 is 12.0 Å². The van der Waals surface area contributed by atoms with Crippen molar-refractivity contribution in [3.63, 3.8) is 0 Å². The molecule has 2 aromatic carbocycles. The molecule has 10 heteroatoms. The zero-order chi connectivity index (χ0) is 22.8. The van der Waals surface area contributed by atoms with Crippen molar-refractivity contribution >= 4 is 28.7 Å². The van der Waals surface area contributed by atoms with E-state index in [0.29, 0.717) is 17.4 Å². The van der Waals surface area contributed by atoms with Gasteiger partial charge in [0.25, 0.3) is 5.89 Å². The summed E-state index contributed by atoms with van der Waals surface area (Å²) in [6, 6.07) is 12.1. The molecule has 1 aliphatic carbocycles. The Morgan fingerprint density at radius 1 is 1.15 bits per heavy atom. The number of nitrogens with zero attached hydrogens (tertiary/aromatic N) is 3. The van der Waals surface area contributed by atoms with Gasteiger partial charge in [0.05, 0.1) is 17.1 Å². The number of aromatic amines is 1. The van der Waals surface area contributed by atoms with Crippen molar-refractivity contribution in [3.8, 4) is 11.7 Å². The molecule has 0 radical (unpaired) electrons. The predicted molar refractivity (Wildman–Crippen MR) is 118 cm³/mol. The number of aliphatic carboxylic acids is 1. The minimum absolute atomic E-state index is 0.00769. The minimum Gasteiger partial charge on any atom is -0.480 e. The van der Waals surface area contributed by atoms with Gasteiger partial charge in [-0.25, -0.2) is 14.2 Å². The smallest absolute Gasteiger partial charge is 0.329 e. The number of ether oxygens (including phenoxy) is 1. The minimum atomic E-state index is -0.934. The molecule has 0 bridgehead atoms. The molecule has 0 saturated heterocycles. The molecule has 9 nitrogen and oxygen atoms in total. The summed E-state index contributed by atoms with van der Waals surface area (Å²) >= 11 is 0. The van der Waals surface area contributed by atoms with Gasteiger partial charge in [-0.3, -0.25) is 0 Å². The van der Waals surface area contributed by atoms with Gasteiger partial charge in [0.15, 0.2) is 5.82 Å². The number of carboxylic acids is 1. The summed E-state index contributed by atoms with van der Waals surface area (Å²) in [5.74, 6) is -0.167. The molecule has 0 atom stereocenters. The lowest BCUT2D eigenvalue weighted by atomic mass is 9.82. The summed E-state index contributed by atoms with van der Waals surface area (Å²) in [7, 11) is 0. The molecular formula is C23H22FN5O4. The first-order chi connectivity index (χ1) is 16.0. The zero-order valence-electron chi connectivity index (χ0n) is 17.6. The number of benzene rings is 2. The van der Waals surface area contributed by atoms with Crippen molar-refractivity contribution in [2.45, 2.75) is 37.7 Å². The number of halogens is 1. The molecule has 0 aliphatic heterocycles. The van der Waals surface area contributed by atoms with Gasteiger partial charge in [-0.2, -0.15) is 0 Å². The highest BCUT2D eigenvalue weighted by atomic mass is 19.1. The Morgan fingerprint density at radius 2 is 1.94 bits per heavy atom. The summed E-state index contributed by atoms with van der Waals surface area (Å²) in [6.07, 6.45) is 3.57. The highest BCUT2D eigenvalue weighted by molar-refractivity contribution is 5.79. The molecule has 3 N–H and O–H groups in total. The molecule has 4 aromatic rings. The number of aromatic nitrogens is 4. The second kappa shape index (κ2) is 8.99. The fraction of sp³-hybridized carbons (Fsp3) is 0.304. The van der Waals surface area contributed by atoms with Crippen molar-refractivity contribution in [2.75, 3.05) is 11.9 Å². The number of nitrogens with one attached hydrogen (secondary N) is 2. The molecule has 170 valence electrons. The van der Waals surface area contributed by atoms with Crippen LogP contribution in [0.5, 0.6) is 0 Å².